The second-order valence-corrected chi connectivity index (χ2v) is 7.93. The van der Waals surface area contributed by atoms with Gasteiger partial charge in [0.15, 0.2) is 0 Å². The topological polar surface area (TPSA) is 67.6 Å². The number of ether oxygens (including phenoxy) is 1. The van der Waals surface area contributed by atoms with Crippen LogP contribution in [-0.2, 0) is 0 Å². The van der Waals surface area contributed by atoms with Gasteiger partial charge in [0.25, 0.3) is 5.91 Å². The third-order valence-electron chi connectivity index (χ3n) is 5.89. The molecule has 2 aliphatic rings. The van der Waals surface area contributed by atoms with Crippen LogP contribution in [0, 0.1) is 17.8 Å². The zero-order valence-corrected chi connectivity index (χ0v) is 17.0. The predicted molar refractivity (Wildman–Crippen MR) is 114 cm³/mol. The van der Waals surface area contributed by atoms with Crippen molar-refractivity contribution in [3.63, 3.8) is 0 Å². The number of aliphatic hydroxyl groups is 1. The number of fused-ring (bicyclic) bond motifs is 9. The Kier molecular flexibility index (Phi) is 4.08. The maximum Gasteiger partial charge on any atom is 0.387 e. The van der Waals surface area contributed by atoms with E-state index in [9.17, 15) is 18.7 Å². The lowest BCUT2D eigenvalue weighted by Crippen LogP contribution is -2.30. The minimum absolute atomic E-state index is 0.00647. The highest BCUT2D eigenvalue weighted by molar-refractivity contribution is 5.97. The minimum atomic E-state index is -3.12. The molecule has 8 heteroatoms. The van der Waals surface area contributed by atoms with Crippen LogP contribution in [0.4, 0.5) is 8.78 Å². The third-order valence-corrected chi connectivity index (χ3v) is 5.89. The lowest BCUT2D eigenvalue weighted by Gasteiger charge is -2.24. The molecule has 6 nitrogen and oxygen atoms in total. The molecule has 3 aromatic rings. The Labute approximate surface area is 187 Å². The van der Waals surface area contributed by atoms with E-state index in [1.165, 1.54) is 18.2 Å². The summed E-state index contributed by atoms with van der Waals surface area (Å²) in [5, 5.41) is 9.24. The molecule has 3 heterocycles. The second-order valence-electron chi connectivity index (χ2n) is 7.93. The van der Waals surface area contributed by atoms with Crippen LogP contribution >= 0.6 is 0 Å². The van der Waals surface area contributed by atoms with Gasteiger partial charge in [-0.2, -0.15) is 8.78 Å². The molecule has 32 heavy (non-hydrogen) atoms. The number of rotatable bonds is 3. The Balaban J connectivity index is 1.77. The van der Waals surface area contributed by atoms with Gasteiger partial charge in [0, 0.05) is 40.1 Å². The van der Waals surface area contributed by atoms with E-state index in [1.807, 2.05) is 0 Å². The van der Waals surface area contributed by atoms with E-state index in [0.29, 0.717) is 22.4 Å². The molecule has 2 aliphatic heterocycles. The van der Waals surface area contributed by atoms with Crippen LogP contribution in [0.2, 0.25) is 0 Å². The van der Waals surface area contributed by atoms with Crippen molar-refractivity contribution < 1.29 is 27.5 Å². The number of aromatic nitrogens is 2. The molecule has 1 aromatic heterocycles. The molecule has 164 valence electrons. The van der Waals surface area contributed by atoms with Crippen LogP contribution in [0.25, 0.3) is 11.0 Å². The van der Waals surface area contributed by atoms with Crippen molar-refractivity contribution in [2.45, 2.75) is 32.0 Å². The van der Waals surface area contributed by atoms with Crippen molar-refractivity contribution >= 4 is 16.9 Å². The van der Waals surface area contributed by atoms with Gasteiger partial charge >= 0.3 is 6.61 Å². The average Bonchev–Trinajstić information content (AvgIpc) is 3.29. The average molecular weight is 440 g/mol. The Morgan fingerprint density at radius 2 is 2.19 bits per heavy atom. The minimum Gasteiger partial charge on any atom is -0.434 e. The number of amides is 1. The number of hydrogen-bond acceptors (Lipinski definition) is 4. The molecule has 5 rings (SSSR count). The summed E-state index contributed by atoms with van der Waals surface area (Å²) in [6, 6.07) is 7.93. The summed E-state index contributed by atoms with van der Waals surface area (Å²) < 4.78 is 57.2. The first-order valence-electron chi connectivity index (χ1n) is 11.7. The zero-order valence-electron chi connectivity index (χ0n) is 20.0. The van der Waals surface area contributed by atoms with Crippen LogP contribution in [0.15, 0.2) is 36.4 Å². The lowest BCUT2D eigenvalue weighted by atomic mass is 9.97. The fourth-order valence-electron chi connectivity index (χ4n) is 4.44. The molecule has 1 N–H and O–H groups in total. The molecular formula is C24H21F2N3O3. The number of benzene rings is 2. The molecule has 0 fully saturated rings. The maximum atomic E-state index is 13.4. The number of hydrogen-bond donors (Lipinski definition) is 1. The van der Waals surface area contributed by atoms with Gasteiger partial charge in [-0.05, 0) is 37.3 Å². The van der Waals surface area contributed by atoms with Crippen molar-refractivity contribution in [1.29, 1.82) is 0 Å². The highest BCUT2D eigenvalue weighted by Gasteiger charge is 2.44. The molecule has 0 unspecified atom stereocenters. The fraction of sp³-hybridized carbons (Fsp3) is 0.333. The van der Waals surface area contributed by atoms with Gasteiger partial charge in [-0.15, -0.1) is 0 Å². The highest BCUT2D eigenvalue weighted by atomic mass is 19.3. The molecule has 0 aliphatic carbocycles. The van der Waals surface area contributed by atoms with Crippen molar-refractivity contribution in [3.8, 4) is 17.6 Å². The van der Waals surface area contributed by atoms with Gasteiger partial charge in [-0.3, -0.25) is 4.79 Å². The molecule has 3 atom stereocenters. The number of nitrogens with zero attached hydrogens (tertiary/aromatic N) is 3. The standard InChI is InChI=1S/C24H21F2N3O3/c1-13(12-30)6-7-14-8-9-16-17(10-14)29-18-11-19(22(29)27-16)28(2)23(31)15-4-3-5-20(21(15)18)32-24(25)26/h3-5,8-10,13,18-19,24,30H,11-12H2,1-2H3/t13-,18+,19+/m0/s1/i2D3. The van der Waals surface area contributed by atoms with E-state index < -0.39 is 31.6 Å². The van der Waals surface area contributed by atoms with Gasteiger partial charge in [0.05, 0.1) is 29.7 Å². The van der Waals surface area contributed by atoms with Gasteiger partial charge < -0.3 is 19.3 Å². The molecule has 0 saturated carbocycles. The van der Waals surface area contributed by atoms with E-state index >= 15 is 0 Å². The van der Waals surface area contributed by atoms with E-state index in [0.717, 1.165) is 4.90 Å². The van der Waals surface area contributed by atoms with Gasteiger partial charge in [-0.25, -0.2) is 4.98 Å². The SMILES string of the molecule is [2H]C([2H])([2H])N1C(=O)c2cccc(OC(F)F)c2[C@H]2C[C@@H]1c1nc3ccc(C#C[C@H](C)CO)cc3n12. The van der Waals surface area contributed by atoms with Gasteiger partial charge in [-0.1, -0.05) is 17.9 Å². The Hall–Kier alpha value is -3.44. The van der Waals surface area contributed by atoms with Gasteiger partial charge in [0.2, 0.25) is 0 Å². The first kappa shape index (κ1) is 17.2. The smallest absolute Gasteiger partial charge is 0.387 e. The molecule has 1 amide bonds. The number of halogens is 2. The van der Waals surface area contributed by atoms with Crippen LogP contribution in [0.3, 0.4) is 0 Å². The third kappa shape index (κ3) is 3.12. The van der Waals surface area contributed by atoms with Crippen molar-refractivity contribution in [2.24, 2.45) is 5.92 Å². The molecule has 0 radical (unpaired) electrons. The molecule has 2 bridgehead atoms. The number of imidazole rings is 1. The maximum absolute atomic E-state index is 13.4. The zero-order chi connectivity index (χ0) is 25.1. The van der Waals surface area contributed by atoms with E-state index in [4.69, 9.17) is 8.85 Å². The van der Waals surface area contributed by atoms with Gasteiger partial charge in [0.1, 0.15) is 11.6 Å². The number of alkyl halides is 2. The summed E-state index contributed by atoms with van der Waals surface area (Å²) >= 11 is 0. The summed E-state index contributed by atoms with van der Waals surface area (Å²) in [6.07, 6.45) is 0.149. The molecule has 0 spiro atoms. The first-order valence-corrected chi connectivity index (χ1v) is 10.2. The molecule has 0 saturated heterocycles. The van der Waals surface area contributed by atoms with Crippen LogP contribution < -0.4 is 4.74 Å². The highest BCUT2D eigenvalue weighted by Crippen LogP contribution is 2.49. The van der Waals surface area contributed by atoms with Crippen molar-refractivity contribution in [1.82, 2.24) is 14.5 Å². The summed E-state index contributed by atoms with van der Waals surface area (Å²) in [7, 11) is 0. The normalized spacial score (nSPS) is 21.7. The van der Waals surface area contributed by atoms with Crippen LogP contribution in [-0.4, -0.2) is 45.7 Å². The van der Waals surface area contributed by atoms with Crippen LogP contribution in [0.5, 0.6) is 5.75 Å². The number of carbonyl (C=O) groups excluding carboxylic acids is 1. The Morgan fingerprint density at radius 1 is 1.34 bits per heavy atom. The first-order chi connectivity index (χ1) is 16.6. The second kappa shape index (κ2) is 7.61. The number of carbonyl (C=O) groups is 1. The molecular weight excluding hydrogens is 416 g/mol. The summed E-state index contributed by atoms with van der Waals surface area (Å²) in [6.45, 7) is -4.19. The molecule has 2 aromatic carbocycles. The summed E-state index contributed by atoms with van der Waals surface area (Å²) in [5.41, 5.74) is 2.06. The fourth-order valence-corrected chi connectivity index (χ4v) is 4.44. The van der Waals surface area contributed by atoms with Crippen molar-refractivity contribution in [2.75, 3.05) is 13.6 Å². The van der Waals surface area contributed by atoms with E-state index in [-0.39, 0.29) is 35.8 Å². The summed E-state index contributed by atoms with van der Waals surface area (Å²) in [4.78, 5) is 18.9. The monoisotopic (exact) mass is 440 g/mol. The Bertz CT molecular complexity index is 1390. The number of aliphatic hydroxyl groups excluding tert-OH is 1. The quantitative estimate of drug-likeness (QED) is 0.630. The largest absolute Gasteiger partial charge is 0.434 e. The predicted octanol–water partition coefficient (Wildman–Crippen LogP) is 3.74. The van der Waals surface area contributed by atoms with E-state index in [2.05, 4.69) is 16.8 Å². The Morgan fingerprint density at radius 3 is 2.94 bits per heavy atom. The van der Waals surface area contributed by atoms with Crippen molar-refractivity contribution in [3.05, 3.63) is 58.9 Å². The van der Waals surface area contributed by atoms with Crippen LogP contribution in [0.1, 0.15) is 56.8 Å². The lowest BCUT2D eigenvalue weighted by molar-refractivity contribution is -0.0507. The van der Waals surface area contributed by atoms with E-state index in [1.54, 1.807) is 29.7 Å². The summed E-state index contributed by atoms with van der Waals surface area (Å²) in [5.74, 6) is 5.14.